The van der Waals surface area contributed by atoms with Gasteiger partial charge in [-0.05, 0) is 24.6 Å². The quantitative estimate of drug-likeness (QED) is 0.783. The predicted octanol–water partition coefficient (Wildman–Crippen LogP) is 2.96. The molecule has 6 heteroatoms. The molecule has 0 spiro atoms. The summed E-state index contributed by atoms with van der Waals surface area (Å²) in [6, 6.07) is 8.57. The molecule has 1 aromatic carbocycles. The predicted molar refractivity (Wildman–Crippen MR) is 79.7 cm³/mol. The van der Waals surface area contributed by atoms with E-state index in [9.17, 15) is 0 Å². The number of thiazole rings is 1. The fourth-order valence-electron chi connectivity index (χ4n) is 1.97. The molecule has 3 aromatic rings. The summed E-state index contributed by atoms with van der Waals surface area (Å²) in [5.74, 6) is 0. The van der Waals surface area contributed by atoms with Gasteiger partial charge in [-0.3, -0.25) is 0 Å². The van der Waals surface area contributed by atoms with Gasteiger partial charge in [0.1, 0.15) is 17.7 Å². The summed E-state index contributed by atoms with van der Waals surface area (Å²) in [5.41, 5.74) is 2.29. The van der Waals surface area contributed by atoms with Crippen molar-refractivity contribution in [3.05, 3.63) is 59.1 Å². The summed E-state index contributed by atoms with van der Waals surface area (Å²) >= 11 is 1.66. The van der Waals surface area contributed by atoms with Crippen LogP contribution in [0.25, 0.3) is 0 Å². The molecule has 1 unspecified atom stereocenters. The molecule has 102 valence electrons. The Morgan fingerprint density at radius 3 is 2.80 bits per heavy atom. The van der Waals surface area contributed by atoms with Gasteiger partial charge >= 0.3 is 0 Å². The summed E-state index contributed by atoms with van der Waals surface area (Å²) in [6.45, 7) is 2.85. The van der Waals surface area contributed by atoms with Crippen LogP contribution in [0.2, 0.25) is 0 Å². The maximum Gasteiger partial charge on any atom is 0.137 e. The minimum absolute atomic E-state index is 0.219. The molecule has 2 heterocycles. The zero-order valence-electron chi connectivity index (χ0n) is 11.1. The van der Waals surface area contributed by atoms with E-state index in [0.717, 1.165) is 17.2 Å². The molecule has 5 nitrogen and oxygen atoms in total. The maximum absolute atomic E-state index is 4.32. The van der Waals surface area contributed by atoms with E-state index in [0.29, 0.717) is 0 Å². The monoisotopic (exact) mass is 285 g/mol. The Morgan fingerprint density at radius 2 is 2.15 bits per heavy atom. The zero-order valence-corrected chi connectivity index (χ0v) is 11.9. The summed E-state index contributed by atoms with van der Waals surface area (Å²) in [4.78, 5) is 8.25. The molecule has 0 bridgehead atoms. The average molecular weight is 285 g/mol. The maximum atomic E-state index is 4.32. The van der Waals surface area contributed by atoms with Crippen LogP contribution in [0.1, 0.15) is 23.5 Å². The number of anilines is 1. The Bertz CT molecular complexity index is 631. The summed E-state index contributed by atoms with van der Waals surface area (Å²) in [7, 11) is 0. The number of nitrogens with one attached hydrogen (secondary N) is 1. The Kier molecular flexibility index (Phi) is 3.73. The molecule has 3 rings (SSSR count). The highest BCUT2D eigenvalue weighted by Gasteiger charge is 2.07. The second kappa shape index (κ2) is 5.83. The van der Waals surface area contributed by atoms with Gasteiger partial charge in [-0.25, -0.2) is 14.6 Å². The molecule has 0 aliphatic rings. The van der Waals surface area contributed by atoms with Crippen molar-refractivity contribution in [2.75, 3.05) is 5.32 Å². The molecule has 0 radical (unpaired) electrons. The minimum Gasteiger partial charge on any atom is -0.376 e. The van der Waals surface area contributed by atoms with Gasteiger partial charge < -0.3 is 5.32 Å². The molecule has 0 saturated heterocycles. The molecular formula is C14H15N5S. The van der Waals surface area contributed by atoms with Crippen LogP contribution in [-0.2, 0) is 6.54 Å². The summed E-state index contributed by atoms with van der Waals surface area (Å²) in [6.07, 6.45) is 5.10. The molecule has 0 saturated carbocycles. The topological polar surface area (TPSA) is 55.6 Å². The van der Waals surface area contributed by atoms with E-state index in [1.807, 2.05) is 11.6 Å². The Balaban J connectivity index is 1.64. The van der Waals surface area contributed by atoms with Crippen molar-refractivity contribution in [3.8, 4) is 0 Å². The number of hydrogen-bond acceptors (Lipinski definition) is 5. The molecule has 0 aliphatic heterocycles. The molecular weight excluding hydrogens is 270 g/mol. The SMILES string of the molecule is CC(Nc1ccc(Cn2cncn2)cc1)c1nccs1. The minimum atomic E-state index is 0.219. The fraction of sp³-hybridized carbons (Fsp3) is 0.214. The summed E-state index contributed by atoms with van der Waals surface area (Å²) < 4.78 is 1.81. The van der Waals surface area contributed by atoms with Gasteiger partial charge in [0, 0.05) is 17.3 Å². The molecule has 1 N–H and O–H groups in total. The summed E-state index contributed by atoms with van der Waals surface area (Å²) in [5, 5.41) is 10.6. The van der Waals surface area contributed by atoms with Crippen LogP contribution < -0.4 is 5.32 Å². The first-order chi connectivity index (χ1) is 9.81. The second-order valence-corrected chi connectivity index (χ2v) is 5.45. The number of aromatic nitrogens is 4. The van der Waals surface area contributed by atoms with E-state index in [-0.39, 0.29) is 6.04 Å². The smallest absolute Gasteiger partial charge is 0.137 e. The van der Waals surface area contributed by atoms with Gasteiger partial charge in [-0.1, -0.05) is 12.1 Å². The standard InChI is InChI=1S/C14H15N5S/c1-11(14-16-6-7-20-14)18-13-4-2-12(3-5-13)8-19-10-15-9-17-19/h2-7,9-11,18H,8H2,1H3. The fourth-order valence-corrected chi connectivity index (χ4v) is 2.61. The average Bonchev–Trinajstić information content (AvgIpc) is 3.13. The van der Waals surface area contributed by atoms with Crippen molar-refractivity contribution in [2.24, 2.45) is 0 Å². The lowest BCUT2D eigenvalue weighted by atomic mass is 10.2. The van der Waals surface area contributed by atoms with Crippen molar-refractivity contribution in [2.45, 2.75) is 19.5 Å². The van der Waals surface area contributed by atoms with Crippen LogP contribution in [0.15, 0.2) is 48.5 Å². The third-order valence-electron chi connectivity index (χ3n) is 2.97. The first-order valence-corrected chi connectivity index (χ1v) is 7.26. The lowest BCUT2D eigenvalue weighted by Gasteiger charge is -2.13. The number of nitrogens with zero attached hydrogens (tertiary/aromatic N) is 4. The van der Waals surface area contributed by atoms with Crippen molar-refractivity contribution in [1.29, 1.82) is 0 Å². The normalized spacial score (nSPS) is 12.2. The highest BCUT2D eigenvalue weighted by molar-refractivity contribution is 7.09. The van der Waals surface area contributed by atoms with Gasteiger partial charge in [0.15, 0.2) is 0 Å². The highest BCUT2D eigenvalue weighted by Crippen LogP contribution is 2.21. The van der Waals surface area contributed by atoms with Gasteiger partial charge in [0.25, 0.3) is 0 Å². The molecule has 1 atom stereocenters. The Morgan fingerprint density at radius 1 is 1.30 bits per heavy atom. The molecule has 20 heavy (non-hydrogen) atoms. The molecule has 0 aliphatic carbocycles. The Hall–Kier alpha value is -2.21. The lowest BCUT2D eigenvalue weighted by molar-refractivity contribution is 0.685. The molecule has 2 aromatic heterocycles. The van der Waals surface area contributed by atoms with Gasteiger partial charge in [-0.2, -0.15) is 5.10 Å². The van der Waals surface area contributed by atoms with Crippen molar-refractivity contribution in [3.63, 3.8) is 0 Å². The van der Waals surface area contributed by atoms with E-state index < -0.39 is 0 Å². The number of hydrogen-bond donors (Lipinski definition) is 1. The van der Waals surface area contributed by atoms with E-state index in [2.05, 4.69) is 51.6 Å². The largest absolute Gasteiger partial charge is 0.376 e. The van der Waals surface area contributed by atoms with Crippen molar-refractivity contribution in [1.82, 2.24) is 19.7 Å². The van der Waals surface area contributed by atoms with Crippen molar-refractivity contribution < 1.29 is 0 Å². The van der Waals surface area contributed by atoms with Crippen LogP contribution >= 0.6 is 11.3 Å². The highest BCUT2D eigenvalue weighted by atomic mass is 32.1. The van der Waals surface area contributed by atoms with Crippen molar-refractivity contribution >= 4 is 17.0 Å². The van der Waals surface area contributed by atoms with Crippen LogP contribution in [0.5, 0.6) is 0 Å². The lowest BCUT2D eigenvalue weighted by Crippen LogP contribution is -2.06. The van der Waals surface area contributed by atoms with Gasteiger partial charge in [-0.15, -0.1) is 11.3 Å². The van der Waals surface area contributed by atoms with Crippen LogP contribution in [0.3, 0.4) is 0 Å². The zero-order chi connectivity index (χ0) is 13.8. The third kappa shape index (κ3) is 3.03. The number of rotatable bonds is 5. The van der Waals surface area contributed by atoms with Crippen LogP contribution in [0, 0.1) is 0 Å². The third-order valence-corrected chi connectivity index (χ3v) is 3.93. The second-order valence-electron chi connectivity index (χ2n) is 4.53. The first kappa shape index (κ1) is 12.8. The van der Waals surface area contributed by atoms with E-state index in [1.165, 1.54) is 5.56 Å². The van der Waals surface area contributed by atoms with Gasteiger partial charge in [0.2, 0.25) is 0 Å². The van der Waals surface area contributed by atoms with Crippen LogP contribution in [-0.4, -0.2) is 19.7 Å². The van der Waals surface area contributed by atoms with Crippen LogP contribution in [0.4, 0.5) is 5.69 Å². The molecule has 0 fully saturated rings. The van der Waals surface area contributed by atoms with E-state index in [4.69, 9.17) is 0 Å². The van der Waals surface area contributed by atoms with E-state index in [1.54, 1.807) is 28.7 Å². The van der Waals surface area contributed by atoms with Gasteiger partial charge in [0.05, 0.1) is 12.6 Å². The first-order valence-electron chi connectivity index (χ1n) is 6.38. The number of benzene rings is 1. The molecule has 0 amide bonds. The Labute approximate surface area is 121 Å². The van der Waals surface area contributed by atoms with E-state index >= 15 is 0 Å².